The van der Waals surface area contributed by atoms with Gasteiger partial charge in [0.05, 0.1) is 17.1 Å². The average molecular weight is 388 g/mol. The summed E-state index contributed by atoms with van der Waals surface area (Å²) in [6.45, 7) is 0.289. The molecule has 3 rings (SSSR count). The highest BCUT2D eigenvalue weighted by Gasteiger charge is 2.22. The third kappa shape index (κ3) is 5.61. The fourth-order valence-corrected chi connectivity index (χ4v) is 4.62. The van der Waals surface area contributed by atoms with Crippen LogP contribution in [-0.2, 0) is 16.6 Å². The fraction of sp³-hybridized carbons (Fsp3) is 0.400. The van der Waals surface area contributed by atoms with Gasteiger partial charge in [-0.05, 0) is 43.2 Å². The van der Waals surface area contributed by atoms with E-state index in [0.717, 1.165) is 44.2 Å². The minimum Gasteiger partial charge on any atom is -0.346 e. The second kappa shape index (κ2) is 9.10. The van der Waals surface area contributed by atoms with Crippen LogP contribution in [0.15, 0.2) is 53.6 Å². The first kappa shape index (κ1) is 19.5. The Morgan fingerprint density at radius 1 is 1.04 bits per heavy atom. The number of hydrogen-bond acceptors (Lipinski definition) is 4. The van der Waals surface area contributed by atoms with E-state index < -0.39 is 10.0 Å². The Bertz CT molecular complexity index is 861. The third-order valence-corrected chi connectivity index (χ3v) is 6.26. The molecule has 1 aliphatic rings. The zero-order chi connectivity index (χ0) is 19.1. The summed E-state index contributed by atoms with van der Waals surface area (Å²) in [7, 11) is -3.64. The van der Waals surface area contributed by atoms with Crippen molar-refractivity contribution in [2.75, 3.05) is 0 Å². The number of carbonyl (C=O) groups is 1. The largest absolute Gasteiger partial charge is 0.346 e. The van der Waals surface area contributed by atoms with Gasteiger partial charge in [-0.1, -0.05) is 37.8 Å². The van der Waals surface area contributed by atoms with Gasteiger partial charge in [-0.3, -0.25) is 9.78 Å². The summed E-state index contributed by atoms with van der Waals surface area (Å²) in [6, 6.07) is 11.6. The minimum absolute atomic E-state index is 0.0286. The lowest BCUT2D eigenvalue weighted by Crippen LogP contribution is -2.34. The SMILES string of the molecule is O=C(NCc1ccccn1)c1cccc(S(=O)(=O)NC2CCCCCC2)c1. The van der Waals surface area contributed by atoms with E-state index in [2.05, 4.69) is 15.0 Å². The summed E-state index contributed by atoms with van der Waals surface area (Å²) < 4.78 is 28.2. The number of hydrogen-bond donors (Lipinski definition) is 2. The number of rotatable bonds is 6. The average Bonchev–Trinajstić information content (AvgIpc) is 2.95. The molecule has 7 heteroatoms. The van der Waals surface area contributed by atoms with Crippen molar-refractivity contribution in [3.05, 3.63) is 59.9 Å². The summed E-state index contributed by atoms with van der Waals surface area (Å²) in [5.74, 6) is -0.327. The Labute approximate surface area is 160 Å². The van der Waals surface area contributed by atoms with E-state index in [4.69, 9.17) is 0 Å². The number of sulfonamides is 1. The first-order valence-electron chi connectivity index (χ1n) is 9.35. The Morgan fingerprint density at radius 2 is 1.81 bits per heavy atom. The Morgan fingerprint density at radius 3 is 2.52 bits per heavy atom. The highest BCUT2D eigenvalue weighted by atomic mass is 32.2. The van der Waals surface area contributed by atoms with Crippen LogP contribution in [0.1, 0.15) is 54.6 Å². The number of carbonyl (C=O) groups excluding carboxylic acids is 1. The number of nitrogens with one attached hydrogen (secondary N) is 2. The minimum atomic E-state index is -3.64. The van der Waals surface area contributed by atoms with E-state index in [0.29, 0.717) is 5.56 Å². The molecule has 1 aromatic heterocycles. The first-order valence-corrected chi connectivity index (χ1v) is 10.8. The normalized spacial score (nSPS) is 15.9. The Kier molecular flexibility index (Phi) is 6.58. The smallest absolute Gasteiger partial charge is 0.251 e. The topological polar surface area (TPSA) is 88.2 Å². The number of nitrogens with zero attached hydrogens (tertiary/aromatic N) is 1. The van der Waals surface area contributed by atoms with Gasteiger partial charge < -0.3 is 5.32 Å². The standard InChI is InChI=1S/C20H25N3O3S/c24-20(22-15-18-11-5-6-13-21-18)16-8-7-12-19(14-16)27(25,26)23-17-9-3-1-2-4-10-17/h5-8,11-14,17,23H,1-4,9-10,15H2,(H,22,24). The van der Waals surface area contributed by atoms with Crippen LogP contribution < -0.4 is 10.0 Å². The lowest BCUT2D eigenvalue weighted by atomic mass is 10.1. The van der Waals surface area contributed by atoms with Gasteiger partial charge in [0.1, 0.15) is 0 Å². The zero-order valence-electron chi connectivity index (χ0n) is 15.2. The predicted molar refractivity (Wildman–Crippen MR) is 104 cm³/mol. The van der Waals surface area contributed by atoms with Crippen molar-refractivity contribution in [3.63, 3.8) is 0 Å². The van der Waals surface area contributed by atoms with Gasteiger partial charge in [-0.15, -0.1) is 0 Å². The molecular weight excluding hydrogens is 362 g/mol. The molecule has 0 atom stereocenters. The van der Waals surface area contributed by atoms with E-state index >= 15 is 0 Å². The molecule has 6 nitrogen and oxygen atoms in total. The second-order valence-electron chi connectivity index (χ2n) is 6.84. The summed E-state index contributed by atoms with van der Waals surface area (Å²) >= 11 is 0. The zero-order valence-corrected chi connectivity index (χ0v) is 16.0. The summed E-state index contributed by atoms with van der Waals surface area (Å²) in [5, 5.41) is 2.77. The summed E-state index contributed by atoms with van der Waals surface area (Å²) in [4.78, 5) is 16.7. The molecule has 0 spiro atoms. The number of amides is 1. The van der Waals surface area contributed by atoms with Crippen LogP contribution in [0, 0.1) is 0 Å². The van der Waals surface area contributed by atoms with E-state index in [-0.39, 0.29) is 23.4 Å². The molecule has 1 fully saturated rings. The monoisotopic (exact) mass is 387 g/mol. The maximum Gasteiger partial charge on any atom is 0.251 e. The van der Waals surface area contributed by atoms with Gasteiger partial charge in [-0.2, -0.15) is 0 Å². The predicted octanol–water partition coefficient (Wildman–Crippen LogP) is 3.01. The molecule has 0 aliphatic heterocycles. The van der Waals surface area contributed by atoms with Gasteiger partial charge in [-0.25, -0.2) is 13.1 Å². The van der Waals surface area contributed by atoms with Crippen molar-refractivity contribution >= 4 is 15.9 Å². The number of pyridine rings is 1. The molecule has 1 amide bonds. The van der Waals surface area contributed by atoms with E-state index in [1.54, 1.807) is 24.4 Å². The van der Waals surface area contributed by atoms with Crippen LogP contribution in [0.25, 0.3) is 0 Å². The molecule has 144 valence electrons. The van der Waals surface area contributed by atoms with Gasteiger partial charge >= 0.3 is 0 Å². The van der Waals surface area contributed by atoms with Crippen LogP contribution in [-0.4, -0.2) is 25.4 Å². The summed E-state index contributed by atoms with van der Waals surface area (Å²) in [5.41, 5.74) is 1.05. The van der Waals surface area contributed by atoms with Gasteiger partial charge in [0, 0.05) is 17.8 Å². The molecule has 1 aliphatic carbocycles. The van der Waals surface area contributed by atoms with Crippen molar-refractivity contribution in [2.45, 2.75) is 56.0 Å². The molecular formula is C20H25N3O3S. The second-order valence-corrected chi connectivity index (χ2v) is 8.56. The van der Waals surface area contributed by atoms with Gasteiger partial charge in [0.25, 0.3) is 5.91 Å². The maximum absolute atomic E-state index is 12.7. The highest BCUT2D eigenvalue weighted by Crippen LogP contribution is 2.20. The number of aromatic nitrogens is 1. The first-order chi connectivity index (χ1) is 13.0. The molecule has 2 aromatic rings. The van der Waals surface area contributed by atoms with Crippen molar-refractivity contribution in [1.82, 2.24) is 15.0 Å². The number of benzene rings is 1. The molecule has 27 heavy (non-hydrogen) atoms. The molecule has 1 saturated carbocycles. The van der Waals surface area contributed by atoms with Crippen molar-refractivity contribution in [1.29, 1.82) is 0 Å². The van der Waals surface area contributed by atoms with Crippen LogP contribution in [0.5, 0.6) is 0 Å². The van der Waals surface area contributed by atoms with Crippen LogP contribution in [0.4, 0.5) is 0 Å². The lowest BCUT2D eigenvalue weighted by molar-refractivity contribution is 0.0950. The van der Waals surface area contributed by atoms with E-state index in [9.17, 15) is 13.2 Å². The van der Waals surface area contributed by atoms with E-state index in [1.165, 1.54) is 12.1 Å². The van der Waals surface area contributed by atoms with E-state index in [1.807, 2.05) is 12.1 Å². The molecule has 1 heterocycles. The fourth-order valence-electron chi connectivity index (χ4n) is 3.26. The van der Waals surface area contributed by atoms with Crippen molar-refractivity contribution in [3.8, 4) is 0 Å². The highest BCUT2D eigenvalue weighted by molar-refractivity contribution is 7.89. The molecule has 2 N–H and O–H groups in total. The maximum atomic E-state index is 12.7. The quantitative estimate of drug-likeness (QED) is 0.746. The van der Waals surface area contributed by atoms with Crippen LogP contribution in [0.2, 0.25) is 0 Å². The molecule has 1 aromatic carbocycles. The third-order valence-electron chi connectivity index (χ3n) is 4.74. The Balaban J connectivity index is 1.67. The van der Waals surface area contributed by atoms with Crippen molar-refractivity contribution < 1.29 is 13.2 Å². The molecule has 0 saturated heterocycles. The molecule has 0 radical (unpaired) electrons. The van der Waals surface area contributed by atoms with Crippen molar-refractivity contribution in [2.24, 2.45) is 0 Å². The summed E-state index contributed by atoms with van der Waals surface area (Å²) in [6.07, 6.45) is 7.79. The molecule has 0 unspecified atom stereocenters. The lowest BCUT2D eigenvalue weighted by Gasteiger charge is -2.16. The Hall–Kier alpha value is -2.25. The molecule has 0 bridgehead atoms. The van der Waals surface area contributed by atoms with Gasteiger partial charge in [0.15, 0.2) is 0 Å². The van der Waals surface area contributed by atoms with Crippen LogP contribution in [0.3, 0.4) is 0 Å². The van der Waals surface area contributed by atoms with Crippen LogP contribution >= 0.6 is 0 Å². The van der Waals surface area contributed by atoms with Gasteiger partial charge in [0.2, 0.25) is 10.0 Å².